The molecule has 1 fully saturated rings. The van der Waals surface area contributed by atoms with Gasteiger partial charge in [-0.15, -0.1) is 0 Å². The van der Waals surface area contributed by atoms with E-state index in [0.717, 1.165) is 21.1 Å². The Morgan fingerprint density at radius 1 is 1.09 bits per heavy atom. The van der Waals surface area contributed by atoms with Crippen molar-refractivity contribution in [1.29, 1.82) is 0 Å². The lowest BCUT2D eigenvalue weighted by atomic mass is 9.98. The normalized spacial score (nSPS) is 31.9. The Morgan fingerprint density at radius 3 is 2.65 bits per heavy atom. The molecule has 0 unspecified atom stereocenters. The van der Waals surface area contributed by atoms with Crippen LogP contribution < -0.4 is 0 Å². The lowest BCUT2D eigenvalue weighted by Gasteiger charge is -2.40. The number of fused-ring (bicyclic) bond motifs is 3. The fraction of sp³-hybridized carbons (Fsp3) is 0.400. The first-order valence-electron chi connectivity index (χ1n) is 7.27. The van der Waals surface area contributed by atoms with E-state index in [-0.39, 0.29) is 0 Å². The van der Waals surface area contributed by atoms with Crippen LogP contribution in [-0.4, -0.2) is 60.4 Å². The van der Waals surface area contributed by atoms with Crippen LogP contribution >= 0.6 is 11.5 Å². The summed E-state index contributed by atoms with van der Waals surface area (Å²) in [4.78, 5) is 0.801. The molecule has 3 aromatic rings. The summed E-state index contributed by atoms with van der Waals surface area (Å²) in [6.07, 6.45) is -4.21. The first kappa shape index (κ1) is 15.0. The molecule has 1 aliphatic heterocycles. The van der Waals surface area contributed by atoms with Crippen LogP contribution in [0.4, 0.5) is 0 Å². The number of rotatable bonds is 2. The minimum atomic E-state index is -1.41. The standard InChI is InChI=1S/C15H16N2O5S/c18-6-10-11(19)12(20)13(21)14(22-10)17-9-4-2-1-3-7(9)8-5-16-23-15(8)17/h1-5,10-14,18-21H,6H2/t10-,11-,12+,13-,14-/m1/s1. The van der Waals surface area contributed by atoms with Gasteiger partial charge in [0.05, 0.1) is 18.3 Å². The first-order chi connectivity index (χ1) is 11.1. The summed E-state index contributed by atoms with van der Waals surface area (Å²) in [6.45, 7) is -0.452. The van der Waals surface area contributed by atoms with Gasteiger partial charge in [0.1, 0.15) is 29.2 Å². The Bertz CT molecular complexity index is 845. The highest BCUT2D eigenvalue weighted by atomic mass is 32.1. The maximum atomic E-state index is 10.4. The van der Waals surface area contributed by atoms with E-state index in [2.05, 4.69) is 4.37 Å². The summed E-state index contributed by atoms with van der Waals surface area (Å²) in [7, 11) is 0. The molecule has 8 heteroatoms. The van der Waals surface area contributed by atoms with Crippen molar-refractivity contribution >= 4 is 32.7 Å². The predicted molar refractivity (Wildman–Crippen MR) is 84.1 cm³/mol. The molecular weight excluding hydrogens is 320 g/mol. The van der Waals surface area contributed by atoms with E-state index >= 15 is 0 Å². The minimum Gasteiger partial charge on any atom is -0.394 e. The molecule has 2 aromatic heterocycles. The van der Waals surface area contributed by atoms with E-state index in [1.807, 2.05) is 24.3 Å². The average molecular weight is 336 g/mol. The molecule has 0 bridgehead atoms. The Hall–Kier alpha value is -1.55. The lowest BCUT2D eigenvalue weighted by Crippen LogP contribution is -2.56. The molecule has 122 valence electrons. The van der Waals surface area contributed by atoms with E-state index in [1.165, 1.54) is 11.5 Å². The summed E-state index contributed by atoms with van der Waals surface area (Å²) in [5.41, 5.74) is 0.834. The highest BCUT2D eigenvalue weighted by Gasteiger charge is 2.45. The van der Waals surface area contributed by atoms with E-state index in [4.69, 9.17) is 4.74 Å². The molecule has 5 atom stereocenters. The van der Waals surface area contributed by atoms with Crippen LogP contribution in [0.15, 0.2) is 30.5 Å². The molecule has 4 N–H and O–H groups in total. The number of hydrogen-bond acceptors (Lipinski definition) is 7. The maximum Gasteiger partial charge on any atom is 0.164 e. The Labute approximate surface area is 135 Å². The predicted octanol–water partition coefficient (Wildman–Crippen LogP) is 0.223. The number of benzene rings is 1. The molecule has 1 aromatic carbocycles. The second kappa shape index (κ2) is 5.52. The highest BCUT2D eigenvalue weighted by Crippen LogP contribution is 2.38. The fourth-order valence-corrected chi connectivity index (χ4v) is 3.97. The third kappa shape index (κ3) is 2.11. The molecular formula is C15H16N2O5S. The molecule has 0 spiro atoms. The molecule has 0 radical (unpaired) electrons. The number of nitrogens with zero attached hydrogens (tertiary/aromatic N) is 2. The van der Waals surface area contributed by atoms with Crippen LogP contribution in [0.2, 0.25) is 0 Å². The third-order valence-electron chi connectivity index (χ3n) is 4.35. The first-order valence-corrected chi connectivity index (χ1v) is 8.04. The zero-order valence-electron chi connectivity index (χ0n) is 12.0. The molecule has 7 nitrogen and oxygen atoms in total. The number of aliphatic hydroxyl groups is 4. The van der Waals surface area contributed by atoms with Crippen molar-refractivity contribution in [3.8, 4) is 0 Å². The van der Waals surface area contributed by atoms with Crippen LogP contribution in [0.1, 0.15) is 6.23 Å². The monoisotopic (exact) mass is 336 g/mol. The van der Waals surface area contributed by atoms with E-state index in [9.17, 15) is 20.4 Å². The van der Waals surface area contributed by atoms with Gasteiger partial charge >= 0.3 is 0 Å². The SMILES string of the molecule is OC[C@H]1O[C@@H](n2c3ccccc3c3cnsc32)[C@H](O)[C@@H](O)[C@@H]1O. The summed E-state index contributed by atoms with van der Waals surface area (Å²) < 4.78 is 11.6. The number of aromatic nitrogens is 2. The summed E-state index contributed by atoms with van der Waals surface area (Å²) in [6, 6.07) is 7.63. The molecule has 3 heterocycles. The topological polar surface area (TPSA) is 108 Å². The molecule has 1 saturated heterocycles. The van der Waals surface area contributed by atoms with Crippen LogP contribution in [0, 0.1) is 0 Å². The van der Waals surface area contributed by atoms with Crippen molar-refractivity contribution in [2.45, 2.75) is 30.6 Å². The van der Waals surface area contributed by atoms with Crippen molar-refractivity contribution in [1.82, 2.24) is 8.94 Å². The zero-order chi connectivity index (χ0) is 16.1. The lowest BCUT2D eigenvalue weighted by molar-refractivity contribution is -0.249. The van der Waals surface area contributed by atoms with Gasteiger partial charge in [-0.1, -0.05) is 18.2 Å². The second-order valence-corrected chi connectivity index (χ2v) is 6.43. The second-order valence-electron chi connectivity index (χ2n) is 5.65. The van der Waals surface area contributed by atoms with Crippen LogP contribution in [-0.2, 0) is 4.74 Å². The van der Waals surface area contributed by atoms with Gasteiger partial charge in [-0.25, -0.2) is 0 Å². The third-order valence-corrected chi connectivity index (χ3v) is 5.15. The van der Waals surface area contributed by atoms with E-state index < -0.39 is 37.3 Å². The van der Waals surface area contributed by atoms with Gasteiger partial charge in [-0.3, -0.25) is 0 Å². The number of ether oxygens (including phenoxy) is 1. The summed E-state index contributed by atoms with van der Waals surface area (Å²) >= 11 is 1.26. The average Bonchev–Trinajstić information content (AvgIpc) is 3.14. The van der Waals surface area contributed by atoms with Gasteiger partial charge in [0.2, 0.25) is 0 Å². The van der Waals surface area contributed by atoms with Gasteiger partial charge in [-0.2, -0.15) is 4.37 Å². The molecule has 0 aliphatic carbocycles. The molecule has 4 rings (SSSR count). The number of hydrogen-bond donors (Lipinski definition) is 4. The van der Waals surface area contributed by atoms with Crippen molar-refractivity contribution < 1.29 is 25.2 Å². The van der Waals surface area contributed by atoms with Crippen LogP contribution in [0.5, 0.6) is 0 Å². The van der Waals surface area contributed by atoms with Crippen LogP contribution in [0.25, 0.3) is 21.1 Å². The Balaban J connectivity index is 1.91. The number of para-hydroxylation sites is 1. The van der Waals surface area contributed by atoms with Gasteiger partial charge in [0.25, 0.3) is 0 Å². The maximum absolute atomic E-state index is 10.4. The van der Waals surface area contributed by atoms with E-state index in [0.29, 0.717) is 0 Å². The summed E-state index contributed by atoms with van der Waals surface area (Å²) in [5, 5.41) is 41.7. The summed E-state index contributed by atoms with van der Waals surface area (Å²) in [5.74, 6) is 0. The molecule has 0 saturated carbocycles. The van der Waals surface area contributed by atoms with Crippen LogP contribution in [0.3, 0.4) is 0 Å². The Morgan fingerprint density at radius 2 is 1.87 bits per heavy atom. The van der Waals surface area contributed by atoms with Crippen molar-refractivity contribution in [3.63, 3.8) is 0 Å². The van der Waals surface area contributed by atoms with Gasteiger partial charge < -0.3 is 29.7 Å². The highest BCUT2D eigenvalue weighted by molar-refractivity contribution is 7.13. The largest absolute Gasteiger partial charge is 0.394 e. The number of aliphatic hydroxyl groups excluding tert-OH is 4. The smallest absolute Gasteiger partial charge is 0.164 e. The van der Waals surface area contributed by atoms with Crippen molar-refractivity contribution in [2.24, 2.45) is 0 Å². The van der Waals surface area contributed by atoms with Gasteiger partial charge in [0.15, 0.2) is 6.23 Å². The minimum absolute atomic E-state index is 0.452. The van der Waals surface area contributed by atoms with E-state index in [1.54, 1.807) is 10.8 Å². The molecule has 0 amide bonds. The molecule has 1 aliphatic rings. The molecule has 23 heavy (non-hydrogen) atoms. The van der Waals surface area contributed by atoms with Crippen molar-refractivity contribution in [2.75, 3.05) is 6.61 Å². The Kier molecular flexibility index (Phi) is 3.60. The van der Waals surface area contributed by atoms with Gasteiger partial charge in [0, 0.05) is 10.8 Å². The van der Waals surface area contributed by atoms with Gasteiger partial charge in [-0.05, 0) is 17.6 Å². The zero-order valence-corrected chi connectivity index (χ0v) is 12.8. The quantitative estimate of drug-likeness (QED) is 0.533. The fourth-order valence-electron chi connectivity index (χ4n) is 3.16. The van der Waals surface area contributed by atoms with Crippen molar-refractivity contribution in [3.05, 3.63) is 30.5 Å².